The largest absolute Gasteiger partial charge is 0.507 e. The third kappa shape index (κ3) is 5.41. The molecule has 21 heavy (non-hydrogen) atoms. The molecule has 118 valence electrons. The molecule has 0 aliphatic carbocycles. The fourth-order valence-corrected chi connectivity index (χ4v) is 2.52. The number of ether oxygens (including phenoxy) is 1. The molecule has 0 saturated heterocycles. The number of phenolic OH excluding ortho intramolecular Hbond substituents is 1. The molecule has 0 amide bonds. The number of ketones is 1. The van der Waals surface area contributed by atoms with Crippen LogP contribution in [0, 0.1) is 0 Å². The molecule has 0 radical (unpaired) electrons. The van der Waals surface area contributed by atoms with Crippen LogP contribution in [0.4, 0.5) is 0 Å². The highest BCUT2D eigenvalue weighted by molar-refractivity contribution is 6.00. The van der Waals surface area contributed by atoms with Crippen LogP contribution in [0.15, 0.2) is 12.1 Å². The van der Waals surface area contributed by atoms with Gasteiger partial charge in [-0.1, -0.05) is 39.5 Å². The van der Waals surface area contributed by atoms with Gasteiger partial charge in [-0.25, -0.2) is 0 Å². The first-order chi connectivity index (χ1) is 10.1. The fraction of sp³-hybridized carbons (Fsp3) is 0.611. The zero-order valence-electron chi connectivity index (χ0n) is 13.6. The van der Waals surface area contributed by atoms with Gasteiger partial charge >= 0.3 is 0 Å². The second-order valence-electron chi connectivity index (χ2n) is 5.35. The summed E-state index contributed by atoms with van der Waals surface area (Å²) in [5.41, 5.74) is 1.40. The summed E-state index contributed by atoms with van der Waals surface area (Å²) in [5, 5.41) is 10.1. The van der Waals surface area contributed by atoms with Crippen molar-refractivity contribution in [1.29, 1.82) is 0 Å². The molecule has 0 bridgehead atoms. The minimum atomic E-state index is -0.000827. The zero-order chi connectivity index (χ0) is 15.7. The Morgan fingerprint density at radius 3 is 2.43 bits per heavy atom. The zero-order valence-corrected chi connectivity index (χ0v) is 13.6. The number of unbranched alkanes of at least 4 members (excludes halogenated alkanes) is 4. The lowest BCUT2D eigenvalue weighted by atomic mass is 9.95. The number of carbonyl (C=O) groups is 1. The van der Waals surface area contributed by atoms with Crippen LogP contribution >= 0.6 is 0 Å². The average molecular weight is 292 g/mol. The molecule has 0 unspecified atom stereocenters. The third-order valence-electron chi connectivity index (χ3n) is 3.63. The lowest BCUT2D eigenvalue weighted by Gasteiger charge is -2.13. The van der Waals surface area contributed by atoms with Gasteiger partial charge in [0.25, 0.3) is 0 Å². The van der Waals surface area contributed by atoms with E-state index in [0.717, 1.165) is 24.8 Å². The molecule has 0 saturated carbocycles. The van der Waals surface area contributed by atoms with Gasteiger partial charge < -0.3 is 9.84 Å². The van der Waals surface area contributed by atoms with Crippen molar-refractivity contribution in [2.24, 2.45) is 0 Å². The van der Waals surface area contributed by atoms with Crippen molar-refractivity contribution in [1.82, 2.24) is 0 Å². The monoisotopic (exact) mass is 292 g/mol. The van der Waals surface area contributed by atoms with Crippen LogP contribution in [0.3, 0.4) is 0 Å². The number of hydrogen-bond acceptors (Lipinski definition) is 3. The van der Waals surface area contributed by atoms with Crippen molar-refractivity contribution >= 4 is 5.78 Å². The fourth-order valence-electron chi connectivity index (χ4n) is 2.52. The molecule has 0 spiro atoms. The molecule has 0 fully saturated rings. The van der Waals surface area contributed by atoms with E-state index in [1.807, 2.05) is 19.9 Å². The maximum atomic E-state index is 12.1. The molecule has 0 atom stereocenters. The van der Waals surface area contributed by atoms with Gasteiger partial charge in [0.1, 0.15) is 11.5 Å². The van der Waals surface area contributed by atoms with Crippen molar-refractivity contribution in [3.8, 4) is 11.5 Å². The molecule has 0 aromatic heterocycles. The summed E-state index contributed by atoms with van der Waals surface area (Å²) in [6.45, 7) is 6.48. The van der Waals surface area contributed by atoms with E-state index in [0.29, 0.717) is 24.3 Å². The number of Topliss-reactive ketones (excluding diaryl/α,β-unsaturated/α-hetero) is 1. The summed E-state index contributed by atoms with van der Waals surface area (Å²) >= 11 is 0. The molecule has 3 heteroatoms. The second kappa shape index (κ2) is 9.43. The molecule has 0 aliphatic rings. The van der Waals surface area contributed by atoms with Crippen molar-refractivity contribution < 1.29 is 14.6 Å². The smallest absolute Gasteiger partial charge is 0.166 e. The lowest BCUT2D eigenvalue weighted by Crippen LogP contribution is -2.05. The molecule has 1 aromatic carbocycles. The number of phenols is 1. The Morgan fingerprint density at radius 2 is 1.81 bits per heavy atom. The maximum Gasteiger partial charge on any atom is 0.166 e. The molecule has 0 heterocycles. The summed E-state index contributed by atoms with van der Waals surface area (Å²) in [7, 11) is 0. The van der Waals surface area contributed by atoms with Crippen LogP contribution in [0.5, 0.6) is 11.5 Å². The summed E-state index contributed by atoms with van der Waals surface area (Å²) in [4.78, 5) is 12.1. The predicted molar refractivity (Wildman–Crippen MR) is 86.4 cm³/mol. The Hall–Kier alpha value is -1.51. The number of carbonyl (C=O) groups excluding carboxylic acids is 1. The van der Waals surface area contributed by atoms with Gasteiger partial charge in [0.2, 0.25) is 0 Å². The first-order valence-corrected chi connectivity index (χ1v) is 8.15. The van der Waals surface area contributed by atoms with Crippen LogP contribution < -0.4 is 4.74 Å². The summed E-state index contributed by atoms with van der Waals surface area (Å²) in [6, 6.07) is 3.46. The Bertz CT molecular complexity index is 452. The molecule has 1 N–H and O–H groups in total. The van der Waals surface area contributed by atoms with Gasteiger partial charge in [-0.15, -0.1) is 0 Å². The summed E-state index contributed by atoms with van der Waals surface area (Å²) in [5.74, 6) is 0.696. The van der Waals surface area contributed by atoms with Crippen LogP contribution in [0.2, 0.25) is 0 Å². The van der Waals surface area contributed by atoms with Gasteiger partial charge in [0.15, 0.2) is 5.78 Å². The summed E-state index contributed by atoms with van der Waals surface area (Å²) in [6.07, 6.45) is 7.13. The molecule has 3 nitrogen and oxygen atoms in total. The second-order valence-corrected chi connectivity index (χ2v) is 5.35. The average Bonchev–Trinajstić information content (AvgIpc) is 2.46. The number of aryl methyl sites for hydroxylation is 1. The highest BCUT2D eigenvalue weighted by atomic mass is 16.5. The summed E-state index contributed by atoms with van der Waals surface area (Å²) < 4.78 is 5.47. The molecular formula is C18H28O3. The predicted octanol–water partition coefficient (Wildman–Crippen LogP) is 4.90. The number of rotatable bonds is 10. The third-order valence-corrected chi connectivity index (χ3v) is 3.63. The van der Waals surface area contributed by atoms with Crippen molar-refractivity contribution in [3.63, 3.8) is 0 Å². The van der Waals surface area contributed by atoms with Crippen LogP contribution in [0.25, 0.3) is 0 Å². The van der Waals surface area contributed by atoms with E-state index in [2.05, 4.69) is 6.92 Å². The highest BCUT2D eigenvalue weighted by Crippen LogP contribution is 2.30. The maximum absolute atomic E-state index is 12.1. The quantitative estimate of drug-likeness (QED) is 0.493. The minimum absolute atomic E-state index is 0.000827. The van der Waals surface area contributed by atoms with E-state index < -0.39 is 0 Å². The van der Waals surface area contributed by atoms with Crippen molar-refractivity contribution in [2.75, 3.05) is 6.61 Å². The minimum Gasteiger partial charge on any atom is -0.507 e. The van der Waals surface area contributed by atoms with E-state index in [1.54, 1.807) is 6.07 Å². The van der Waals surface area contributed by atoms with Crippen LogP contribution in [-0.4, -0.2) is 17.5 Å². The van der Waals surface area contributed by atoms with Crippen molar-refractivity contribution in [3.05, 3.63) is 23.3 Å². The Morgan fingerprint density at radius 1 is 1.10 bits per heavy atom. The molecule has 1 aromatic rings. The van der Waals surface area contributed by atoms with Gasteiger partial charge in [0.05, 0.1) is 12.2 Å². The molecular weight excluding hydrogens is 264 g/mol. The van der Waals surface area contributed by atoms with Gasteiger partial charge in [-0.3, -0.25) is 4.79 Å². The van der Waals surface area contributed by atoms with Gasteiger partial charge in [0, 0.05) is 12.5 Å². The van der Waals surface area contributed by atoms with Crippen molar-refractivity contribution in [2.45, 2.75) is 65.7 Å². The first kappa shape index (κ1) is 17.5. The SMILES string of the molecule is CCCCCCCc1cc(OCC)cc(O)c1C(=O)CC. The normalized spacial score (nSPS) is 10.6. The van der Waals surface area contributed by atoms with Crippen LogP contribution in [-0.2, 0) is 6.42 Å². The number of hydrogen-bond donors (Lipinski definition) is 1. The first-order valence-electron chi connectivity index (χ1n) is 8.15. The Kier molecular flexibility index (Phi) is 7.88. The standard InChI is InChI=1S/C18H28O3/c1-4-7-8-9-10-11-14-12-15(21-6-3)13-17(20)18(14)16(19)5-2/h12-13,20H,4-11H2,1-3H3. The van der Waals surface area contributed by atoms with Crippen LogP contribution in [0.1, 0.15) is 75.2 Å². The highest BCUT2D eigenvalue weighted by Gasteiger charge is 2.16. The van der Waals surface area contributed by atoms with E-state index >= 15 is 0 Å². The van der Waals surface area contributed by atoms with Gasteiger partial charge in [-0.05, 0) is 31.4 Å². The number of aromatic hydroxyl groups is 1. The van der Waals surface area contributed by atoms with E-state index in [9.17, 15) is 9.90 Å². The van der Waals surface area contributed by atoms with E-state index in [4.69, 9.17) is 4.74 Å². The Balaban J connectivity index is 2.87. The van der Waals surface area contributed by atoms with Gasteiger partial charge in [-0.2, -0.15) is 0 Å². The lowest BCUT2D eigenvalue weighted by molar-refractivity contribution is 0.0984. The Labute approximate surface area is 128 Å². The molecule has 1 rings (SSSR count). The molecule has 0 aliphatic heterocycles. The van der Waals surface area contributed by atoms with E-state index in [1.165, 1.54) is 19.3 Å². The number of benzene rings is 1. The van der Waals surface area contributed by atoms with E-state index in [-0.39, 0.29) is 11.5 Å². The topological polar surface area (TPSA) is 46.5 Å².